The van der Waals surface area contributed by atoms with E-state index in [4.69, 9.17) is 11.6 Å². The molecule has 2 N–H and O–H groups in total. The Balaban J connectivity index is 1.76. The van der Waals surface area contributed by atoms with E-state index in [1.54, 1.807) is 0 Å². The summed E-state index contributed by atoms with van der Waals surface area (Å²) in [5, 5.41) is 4.09. The Labute approximate surface area is 134 Å². The summed E-state index contributed by atoms with van der Waals surface area (Å²) in [5.74, 6) is 0.822. The third-order valence-corrected chi connectivity index (χ3v) is 4.41. The minimum absolute atomic E-state index is 0.720. The summed E-state index contributed by atoms with van der Waals surface area (Å²) in [4.78, 5) is 10.4. The molecule has 1 fully saturated rings. The molecule has 0 aliphatic carbocycles. The first-order valence-electron chi connectivity index (χ1n) is 7.51. The fourth-order valence-electron chi connectivity index (χ4n) is 2.89. The van der Waals surface area contributed by atoms with Gasteiger partial charge in [0, 0.05) is 37.4 Å². The van der Waals surface area contributed by atoms with E-state index in [2.05, 4.69) is 32.3 Å². The summed E-state index contributed by atoms with van der Waals surface area (Å²) in [5.41, 5.74) is 4.14. The van der Waals surface area contributed by atoms with Crippen LogP contribution in [0.3, 0.4) is 0 Å². The standard InChI is InChI=1S/C17H17ClN4/c18-14-6-5-12(22-9-7-19-8-10-22)11-13(14)17-20-15-3-1-2-4-16(15)21-17/h1-6,11,19H,7-10H2,(H,20,21). The summed E-state index contributed by atoms with van der Waals surface area (Å²) in [6, 6.07) is 14.2. The minimum atomic E-state index is 0.720. The van der Waals surface area contributed by atoms with E-state index in [1.165, 1.54) is 5.69 Å². The molecule has 1 aliphatic heterocycles. The highest BCUT2D eigenvalue weighted by atomic mass is 35.5. The second-order valence-electron chi connectivity index (χ2n) is 5.50. The van der Waals surface area contributed by atoms with Gasteiger partial charge in [0.05, 0.1) is 16.1 Å². The highest BCUT2D eigenvalue weighted by Gasteiger charge is 2.14. The van der Waals surface area contributed by atoms with Crippen LogP contribution in [-0.2, 0) is 0 Å². The van der Waals surface area contributed by atoms with E-state index in [9.17, 15) is 0 Å². The van der Waals surface area contributed by atoms with E-state index in [0.717, 1.165) is 53.6 Å². The number of piperazine rings is 1. The van der Waals surface area contributed by atoms with Gasteiger partial charge < -0.3 is 15.2 Å². The summed E-state index contributed by atoms with van der Waals surface area (Å²) in [7, 11) is 0. The van der Waals surface area contributed by atoms with Crippen molar-refractivity contribution < 1.29 is 0 Å². The van der Waals surface area contributed by atoms with Crippen LogP contribution in [0.25, 0.3) is 22.4 Å². The van der Waals surface area contributed by atoms with Crippen molar-refractivity contribution in [3.05, 3.63) is 47.5 Å². The lowest BCUT2D eigenvalue weighted by atomic mass is 10.1. The maximum atomic E-state index is 6.41. The number of aromatic amines is 1. The number of anilines is 1. The molecule has 0 atom stereocenters. The van der Waals surface area contributed by atoms with Gasteiger partial charge in [-0.25, -0.2) is 4.98 Å². The second kappa shape index (κ2) is 5.63. The highest BCUT2D eigenvalue weighted by molar-refractivity contribution is 6.33. The Morgan fingerprint density at radius 1 is 1.05 bits per heavy atom. The lowest BCUT2D eigenvalue weighted by Crippen LogP contribution is -2.43. The summed E-state index contributed by atoms with van der Waals surface area (Å²) < 4.78 is 0. The first kappa shape index (κ1) is 13.6. The Morgan fingerprint density at radius 3 is 2.68 bits per heavy atom. The molecule has 2 aromatic carbocycles. The molecular formula is C17H17ClN4. The zero-order valence-corrected chi connectivity index (χ0v) is 12.9. The Kier molecular flexibility index (Phi) is 3.48. The average molecular weight is 313 g/mol. The van der Waals surface area contributed by atoms with Crippen LogP contribution >= 0.6 is 11.6 Å². The molecule has 0 amide bonds. The van der Waals surface area contributed by atoms with Crippen LogP contribution in [0.2, 0.25) is 5.02 Å². The second-order valence-corrected chi connectivity index (χ2v) is 5.91. The Hall–Kier alpha value is -2.04. The zero-order chi connectivity index (χ0) is 14.9. The van der Waals surface area contributed by atoms with Crippen molar-refractivity contribution in [1.29, 1.82) is 0 Å². The van der Waals surface area contributed by atoms with Gasteiger partial charge in [-0.15, -0.1) is 0 Å². The Bertz CT molecular complexity index is 772. The fourth-order valence-corrected chi connectivity index (χ4v) is 3.10. The first-order chi connectivity index (χ1) is 10.8. The van der Waals surface area contributed by atoms with Gasteiger partial charge in [-0.3, -0.25) is 0 Å². The number of rotatable bonds is 2. The number of fused-ring (bicyclic) bond motifs is 1. The van der Waals surface area contributed by atoms with Gasteiger partial charge in [-0.2, -0.15) is 0 Å². The predicted octanol–water partition coefficient (Wildman–Crippen LogP) is 3.29. The third-order valence-electron chi connectivity index (χ3n) is 4.08. The minimum Gasteiger partial charge on any atom is -0.369 e. The molecule has 22 heavy (non-hydrogen) atoms. The molecule has 1 aromatic heterocycles. The lowest BCUT2D eigenvalue weighted by molar-refractivity contribution is 0.589. The summed E-state index contributed by atoms with van der Waals surface area (Å²) >= 11 is 6.41. The normalized spacial score (nSPS) is 15.4. The van der Waals surface area contributed by atoms with Crippen molar-refractivity contribution in [3.8, 4) is 11.4 Å². The predicted molar refractivity (Wildman–Crippen MR) is 91.6 cm³/mol. The molecule has 2 heterocycles. The molecule has 4 nitrogen and oxygen atoms in total. The van der Waals surface area contributed by atoms with Crippen LogP contribution in [0.15, 0.2) is 42.5 Å². The van der Waals surface area contributed by atoms with Crippen LogP contribution in [0, 0.1) is 0 Å². The number of halogens is 1. The molecule has 0 bridgehead atoms. The van der Waals surface area contributed by atoms with Crippen molar-refractivity contribution in [2.24, 2.45) is 0 Å². The van der Waals surface area contributed by atoms with Crippen LogP contribution in [0.1, 0.15) is 0 Å². The maximum Gasteiger partial charge on any atom is 0.140 e. The number of para-hydroxylation sites is 2. The quantitative estimate of drug-likeness (QED) is 0.763. The Morgan fingerprint density at radius 2 is 1.86 bits per heavy atom. The molecule has 0 saturated carbocycles. The molecular weight excluding hydrogens is 296 g/mol. The smallest absolute Gasteiger partial charge is 0.140 e. The number of aromatic nitrogens is 2. The van der Waals surface area contributed by atoms with Crippen LogP contribution < -0.4 is 10.2 Å². The largest absolute Gasteiger partial charge is 0.369 e. The van der Waals surface area contributed by atoms with E-state index in [-0.39, 0.29) is 0 Å². The number of hydrogen-bond donors (Lipinski definition) is 2. The van der Waals surface area contributed by atoms with Gasteiger partial charge in [-0.1, -0.05) is 23.7 Å². The van der Waals surface area contributed by atoms with Crippen molar-refractivity contribution >= 4 is 28.3 Å². The van der Waals surface area contributed by atoms with Gasteiger partial charge in [0.15, 0.2) is 0 Å². The van der Waals surface area contributed by atoms with Crippen LogP contribution in [-0.4, -0.2) is 36.1 Å². The highest BCUT2D eigenvalue weighted by Crippen LogP contribution is 2.31. The van der Waals surface area contributed by atoms with Crippen LogP contribution in [0.4, 0.5) is 5.69 Å². The molecule has 4 rings (SSSR count). The molecule has 112 valence electrons. The molecule has 1 saturated heterocycles. The third kappa shape index (κ3) is 2.45. The van der Waals surface area contributed by atoms with Crippen LogP contribution in [0.5, 0.6) is 0 Å². The van der Waals surface area contributed by atoms with E-state index in [1.807, 2.05) is 30.3 Å². The SMILES string of the molecule is Clc1ccc(N2CCNCC2)cc1-c1nc2ccccc2[nH]1. The van der Waals surface area contributed by atoms with Gasteiger partial charge >= 0.3 is 0 Å². The maximum absolute atomic E-state index is 6.41. The first-order valence-corrected chi connectivity index (χ1v) is 7.89. The van der Waals surface area contributed by atoms with E-state index in [0.29, 0.717) is 0 Å². The number of benzene rings is 2. The van der Waals surface area contributed by atoms with Crippen molar-refractivity contribution in [3.63, 3.8) is 0 Å². The van der Waals surface area contributed by atoms with Crippen molar-refractivity contribution in [2.75, 3.05) is 31.1 Å². The number of H-pyrrole nitrogens is 1. The van der Waals surface area contributed by atoms with Gasteiger partial charge in [0.25, 0.3) is 0 Å². The molecule has 1 aliphatic rings. The number of imidazole rings is 1. The average Bonchev–Trinajstić information content (AvgIpc) is 3.00. The zero-order valence-electron chi connectivity index (χ0n) is 12.1. The molecule has 0 radical (unpaired) electrons. The monoisotopic (exact) mass is 312 g/mol. The van der Waals surface area contributed by atoms with E-state index >= 15 is 0 Å². The number of nitrogens with one attached hydrogen (secondary N) is 2. The van der Waals surface area contributed by atoms with Gasteiger partial charge in [0.2, 0.25) is 0 Å². The summed E-state index contributed by atoms with van der Waals surface area (Å²) in [6.07, 6.45) is 0. The van der Waals surface area contributed by atoms with E-state index < -0.39 is 0 Å². The topological polar surface area (TPSA) is 44.0 Å². The van der Waals surface area contributed by atoms with Crippen molar-refractivity contribution in [1.82, 2.24) is 15.3 Å². The number of hydrogen-bond acceptors (Lipinski definition) is 3. The lowest BCUT2D eigenvalue weighted by Gasteiger charge is -2.29. The molecule has 5 heteroatoms. The van der Waals surface area contributed by atoms with Gasteiger partial charge in [0.1, 0.15) is 5.82 Å². The molecule has 0 unspecified atom stereocenters. The molecule has 3 aromatic rings. The van der Waals surface area contributed by atoms with Gasteiger partial charge in [-0.05, 0) is 30.3 Å². The summed E-state index contributed by atoms with van der Waals surface area (Å²) in [6.45, 7) is 4.06. The fraction of sp³-hybridized carbons (Fsp3) is 0.235. The molecule has 0 spiro atoms. The number of nitrogens with zero attached hydrogens (tertiary/aromatic N) is 2. The van der Waals surface area contributed by atoms with Crippen molar-refractivity contribution in [2.45, 2.75) is 0 Å².